The van der Waals surface area contributed by atoms with Crippen molar-refractivity contribution in [2.75, 3.05) is 20.3 Å². The molecule has 0 aliphatic carbocycles. The number of nitrogens with two attached hydrogens (primary N) is 1. The quantitative estimate of drug-likeness (QED) is 0.652. The van der Waals surface area contributed by atoms with Gasteiger partial charge in [-0.15, -0.1) is 0 Å². The lowest BCUT2D eigenvalue weighted by molar-refractivity contribution is -0.145. The molecule has 0 heterocycles. The summed E-state index contributed by atoms with van der Waals surface area (Å²) in [5.41, 5.74) is 5.77. The molecule has 26 heavy (non-hydrogen) atoms. The highest BCUT2D eigenvalue weighted by atomic mass is 16.5. The maximum atomic E-state index is 11.8. The van der Waals surface area contributed by atoms with Gasteiger partial charge in [0.25, 0.3) is 5.91 Å². The molecule has 2 rings (SSSR count). The van der Waals surface area contributed by atoms with E-state index in [-0.39, 0.29) is 32.2 Å². The van der Waals surface area contributed by atoms with Crippen LogP contribution in [-0.4, -0.2) is 32.2 Å². The number of methoxy groups -OCH3 is 1. The third kappa shape index (κ3) is 6.35. The maximum absolute atomic E-state index is 11.8. The average molecular weight is 359 g/mol. The van der Waals surface area contributed by atoms with Crippen molar-refractivity contribution in [1.82, 2.24) is 0 Å². The summed E-state index contributed by atoms with van der Waals surface area (Å²) in [4.78, 5) is 22.6. The maximum Gasteiger partial charge on any atom is 0.309 e. The van der Waals surface area contributed by atoms with E-state index in [0.29, 0.717) is 17.2 Å². The van der Waals surface area contributed by atoms with Crippen LogP contribution in [-0.2, 0) is 20.9 Å². The first-order valence-electron chi connectivity index (χ1n) is 8.00. The predicted molar refractivity (Wildman–Crippen MR) is 94.0 cm³/mol. The Labute approximate surface area is 151 Å². The van der Waals surface area contributed by atoms with Crippen LogP contribution in [0.1, 0.15) is 12.0 Å². The van der Waals surface area contributed by atoms with E-state index in [1.807, 2.05) is 12.1 Å². The van der Waals surface area contributed by atoms with Crippen LogP contribution in [0.3, 0.4) is 0 Å². The van der Waals surface area contributed by atoms with E-state index in [1.165, 1.54) is 0 Å². The number of rotatable bonds is 10. The molecule has 0 aromatic heterocycles. The van der Waals surface area contributed by atoms with Gasteiger partial charge in [-0.3, -0.25) is 9.59 Å². The van der Waals surface area contributed by atoms with Crippen LogP contribution >= 0.6 is 0 Å². The predicted octanol–water partition coefficient (Wildman–Crippen LogP) is 2.07. The molecule has 0 bridgehead atoms. The number of primary amides is 1. The third-order valence-electron chi connectivity index (χ3n) is 3.31. The van der Waals surface area contributed by atoms with Crippen LogP contribution in [0, 0.1) is 0 Å². The highest BCUT2D eigenvalue weighted by molar-refractivity contribution is 5.75. The van der Waals surface area contributed by atoms with Gasteiger partial charge >= 0.3 is 5.97 Å². The molecule has 0 radical (unpaired) electrons. The van der Waals surface area contributed by atoms with E-state index >= 15 is 0 Å². The van der Waals surface area contributed by atoms with Crippen LogP contribution in [0.4, 0.5) is 0 Å². The lowest BCUT2D eigenvalue weighted by Gasteiger charge is -2.10. The van der Waals surface area contributed by atoms with Crippen molar-refractivity contribution in [2.24, 2.45) is 5.73 Å². The van der Waals surface area contributed by atoms with Crippen molar-refractivity contribution < 1.29 is 28.5 Å². The van der Waals surface area contributed by atoms with E-state index in [1.54, 1.807) is 43.5 Å². The summed E-state index contributed by atoms with van der Waals surface area (Å²) < 4.78 is 21.1. The van der Waals surface area contributed by atoms with Gasteiger partial charge in [-0.25, -0.2) is 0 Å². The Morgan fingerprint density at radius 3 is 2.50 bits per heavy atom. The molecule has 0 unspecified atom stereocenters. The molecule has 0 saturated heterocycles. The van der Waals surface area contributed by atoms with Gasteiger partial charge in [0.2, 0.25) is 0 Å². The zero-order chi connectivity index (χ0) is 18.8. The molecule has 7 nitrogen and oxygen atoms in total. The van der Waals surface area contributed by atoms with Crippen LogP contribution in [0.5, 0.6) is 17.2 Å². The third-order valence-corrected chi connectivity index (χ3v) is 3.31. The van der Waals surface area contributed by atoms with E-state index < -0.39 is 5.91 Å². The first-order valence-corrected chi connectivity index (χ1v) is 8.00. The fourth-order valence-corrected chi connectivity index (χ4v) is 2.10. The van der Waals surface area contributed by atoms with Gasteiger partial charge in [0.15, 0.2) is 18.1 Å². The van der Waals surface area contributed by atoms with Crippen molar-refractivity contribution in [3.05, 3.63) is 54.1 Å². The molecule has 2 aromatic rings. The van der Waals surface area contributed by atoms with E-state index in [9.17, 15) is 9.59 Å². The molecule has 0 saturated carbocycles. The van der Waals surface area contributed by atoms with E-state index in [2.05, 4.69) is 0 Å². The molecule has 7 heteroatoms. The van der Waals surface area contributed by atoms with Crippen LogP contribution in [0.25, 0.3) is 0 Å². The topological polar surface area (TPSA) is 97.1 Å². The molecule has 0 aliphatic rings. The van der Waals surface area contributed by atoms with Crippen molar-refractivity contribution in [2.45, 2.75) is 13.0 Å². The minimum absolute atomic E-state index is 0.0985. The molecule has 0 spiro atoms. The molecule has 0 aliphatic heterocycles. The zero-order valence-electron chi connectivity index (χ0n) is 14.5. The number of hydrogen-bond donors (Lipinski definition) is 1. The molecular formula is C19H21NO6. The number of para-hydroxylation sites is 2. The molecule has 138 valence electrons. The normalized spacial score (nSPS) is 10.0. The SMILES string of the molecule is COc1ccccc1OCCC(=O)OCc1cccc(OCC(N)=O)c1. The minimum Gasteiger partial charge on any atom is -0.493 e. The van der Waals surface area contributed by atoms with Crippen LogP contribution < -0.4 is 19.9 Å². The summed E-state index contributed by atoms with van der Waals surface area (Å²) >= 11 is 0. The summed E-state index contributed by atoms with van der Waals surface area (Å²) in [6.07, 6.45) is 0.107. The van der Waals surface area contributed by atoms with Crippen LogP contribution in [0.2, 0.25) is 0 Å². The first-order chi connectivity index (χ1) is 12.6. The number of hydrogen-bond acceptors (Lipinski definition) is 6. The van der Waals surface area contributed by atoms with Gasteiger partial charge in [-0.05, 0) is 29.8 Å². The fraction of sp³-hybridized carbons (Fsp3) is 0.263. The number of ether oxygens (including phenoxy) is 4. The first kappa shape index (κ1) is 19.1. The summed E-state index contributed by atoms with van der Waals surface area (Å²) in [5.74, 6) is 0.716. The second-order valence-electron chi connectivity index (χ2n) is 5.31. The minimum atomic E-state index is -0.558. The van der Waals surface area contributed by atoms with Gasteiger partial charge in [0, 0.05) is 0 Å². The van der Waals surface area contributed by atoms with Gasteiger partial charge in [-0.2, -0.15) is 0 Å². The molecule has 2 aromatic carbocycles. The number of esters is 1. The smallest absolute Gasteiger partial charge is 0.309 e. The van der Waals surface area contributed by atoms with E-state index in [0.717, 1.165) is 5.56 Å². The summed E-state index contributed by atoms with van der Waals surface area (Å²) in [6, 6.07) is 14.1. The van der Waals surface area contributed by atoms with E-state index in [4.69, 9.17) is 24.7 Å². The summed E-state index contributed by atoms with van der Waals surface area (Å²) in [6.45, 7) is 0.0752. The number of carbonyl (C=O) groups excluding carboxylic acids is 2. The highest BCUT2D eigenvalue weighted by Crippen LogP contribution is 2.25. The monoisotopic (exact) mass is 359 g/mol. The van der Waals surface area contributed by atoms with Crippen LogP contribution in [0.15, 0.2) is 48.5 Å². The van der Waals surface area contributed by atoms with Crippen molar-refractivity contribution in [1.29, 1.82) is 0 Å². The van der Waals surface area contributed by atoms with Gasteiger partial charge in [0.05, 0.1) is 20.1 Å². The highest BCUT2D eigenvalue weighted by Gasteiger charge is 2.07. The van der Waals surface area contributed by atoms with Gasteiger partial charge in [0.1, 0.15) is 12.4 Å². The molecule has 0 fully saturated rings. The second-order valence-corrected chi connectivity index (χ2v) is 5.31. The Kier molecular flexibility index (Phi) is 7.30. The Hall–Kier alpha value is -3.22. The number of amides is 1. The number of benzene rings is 2. The fourth-order valence-electron chi connectivity index (χ4n) is 2.10. The standard InChI is InChI=1S/C19H21NO6/c1-23-16-7-2-3-8-17(16)24-10-9-19(22)26-12-14-5-4-6-15(11-14)25-13-18(20)21/h2-8,11H,9-10,12-13H2,1H3,(H2,20,21). The molecular weight excluding hydrogens is 338 g/mol. The van der Waals surface area contributed by atoms with Gasteiger partial charge in [-0.1, -0.05) is 24.3 Å². The average Bonchev–Trinajstić information content (AvgIpc) is 2.65. The van der Waals surface area contributed by atoms with Gasteiger partial charge < -0.3 is 24.7 Å². The lowest BCUT2D eigenvalue weighted by Crippen LogP contribution is -2.20. The Balaban J connectivity index is 1.75. The second kappa shape index (κ2) is 9.93. The molecule has 2 N–H and O–H groups in total. The lowest BCUT2D eigenvalue weighted by atomic mass is 10.2. The summed E-state index contributed by atoms with van der Waals surface area (Å²) in [5, 5.41) is 0. The summed E-state index contributed by atoms with van der Waals surface area (Å²) in [7, 11) is 1.55. The Bertz CT molecular complexity index is 746. The van der Waals surface area contributed by atoms with Crippen molar-refractivity contribution >= 4 is 11.9 Å². The molecule has 1 amide bonds. The zero-order valence-corrected chi connectivity index (χ0v) is 14.5. The Morgan fingerprint density at radius 1 is 1.00 bits per heavy atom. The number of carbonyl (C=O) groups is 2. The largest absolute Gasteiger partial charge is 0.493 e. The van der Waals surface area contributed by atoms with Crippen molar-refractivity contribution in [3.8, 4) is 17.2 Å². The molecule has 0 atom stereocenters. The van der Waals surface area contributed by atoms with Crippen molar-refractivity contribution in [3.63, 3.8) is 0 Å². The Morgan fingerprint density at radius 2 is 1.77 bits per heavy atom.